The molecule has 0 aliphatic carbocycles. The van der Waals surface area contributed by atoms with Crippen LogP contribution >= 0.6 is 11.6 Å². The summed E-state index contributed by atoms with van der Waals surface area (Å²) in [6, 6.07) is 7.68. The minimum absolute atomic E-state index is 0.770. The normalized spacial score (nSPS) is 10.5. The molecule has 0 fully saturated rings. The number of anilines is 1. The van der Waals surface area contributed by atoms with E-state index in [9.17, 15) is 0 Å². The first-order chi connectivity index (χ1) is 5.83. The second-order valence-electron chi connectivity index (χ2n) is 2.46. The zero-order valence-electron chi connectivity index (χ0n) is 7.05. The number of allylic oxidation sites excluding steroid dienone is 1. The van der Waals surface area contributed by atoms with Crippen molar-refractivity contribution in [2.24, 2.45) is 0 Å². The molecular weight excluding hydrogens is 170 g/mol. The lowest BCUT2D eigenvalue weighted by Gasteiger charge is -2.01. The Bertz CT molecular complexity index is 251. The van der Waals surface area contributed by atoms with Crippen LogP contribution in [0, 0.1) is 0 Å². The molecule has 0 saturated carbocycles. The molecule has 2 heteroatoms. The molecule has 0 saturated heterocycles. The van der Waals surface area contributed by atoms with Crippen molar-refractivity contribution in [2.75, 3.05) is 11.9 Å². The fourth-order valence-corrected chi connectivity index (χ4v) is 0.988. The summed E-state index contributed by atoms with van der Waals surface area (Å²) in [6.07, 6.45) is 4.08. The molecule has 0 radical (unpaired) electrons. The van der Waals surface area contributed by atoms with Crippen LogP contribution in [0.2, 0.25) is 5.02 Å². The van der Waals surface area contributed by atoms with Crippen molar-refractivity contribution >= 4 is 17.3 Å². The number of hydrogen-bond donors (Lipinski definition) is 1. The Morgan fingerprint density at radius 3 is 2.58 bits per heavy atom. The molecule has 0 aliphatic heterocycles. The van der Waals surface area contributed by atoms with Gasteiger partial charge in [-0.3, -0.25) is 0 Å². The zero-order valence-corrected chi connectivity index (χ0v) is 7.81. The lowest BCUT2D eigenvalue weighted by atomic mass is 10.3. The number of nitrogens with one attached hydrogen (secondary N) is 1. The lowest BCUT2D eigenvalue weighted by Crippen LogP contribution is -1.96. The smallest absolute Gasteiger partial charge is 0.0407 e. The maximum atomic E-state index is 5.73. The molecule has 0 spiro atoms. The number of halogens is 1. The van der Waals surface area contributed by atoms with Gasteiger partial charge in [-0.05, 0) is 31.2 Å². The van der Waals surface area contributed by atoms with Crippen LogP contribution in [-0.2, 0) is 0 Å². The van der Waals surface area contributed by atoms with Crippen LogP contribution in [0.15, 0.2) is 36.4 Å². The second kappa shape index (κ2) is 4.83. The molecule has 0 aliphatic rings. The molecule has 0 atom stereocenters. The van der Waals surface area contributed by atoms with Crippen LogP contribution < -0.4 is 5.32 Å². The molecule has 0 heterocycles. The SMILES string of the molecule is C/C=C\CNc1ccc(Cl)cc1. The zero-order chi connectivity index (χ0) is 8.81. The molecule has 64 valence electrons. The van der Waals surface area contributed by atoms with Gasteiger partial charge in [-0.2, -0.15) is 0 Å². The van der Waals surface area contributed by atoms with Gasteiger partial charge in [0.1, 0.15) is 0 Å². The Labute approximate surface area is 78.1 Å². The molecule has 1 N–H and O–H groups in total. The van der Waals surface area contributed by atoms with Crippen molar-refractivity contribution in [3.05, 3.63) is 41.4 Å². The van der Waals surface area contributed by atoms with Gasteiger partial charge in [-0.15, -0.1) is 0 Å². The average molecular weight is 182 g/mol. The minimum Gasteiger partial charge on any atom is -0.382 e. The lowest BCUT2D eigenvalue weighted by molar-refractivity contribution is 1.33. The van der Waals surface area contributed by atoms with Crippen LogP contribution in [-0.4, -0.2) is 6.54 Å². The van der Waals surface area contributed by atoms with E-state index < -0.39 is 0 Å². The van der Waals surface area contributed by atoms with Crippen molar-refractivity contribution in [1.82, 2.24) is 0 Å². The maximum absolute atomic E-state index is 5.73. The summed E-state index contributed by atoms with van der Waals surface area (Å²) in [5.41, 5.74) is 1.09. The highest BCUT2D eigenvalue weighted by molar-refractivity contribution is 6.30. The van der Waals surface area contributed by atoms with E-state index in [-0.39, 0.29) is 0 Å². The Morgan fingerprint density at radius 1 is 1.33 bits per heavy atom. The summed E-state index contributed by atoms with van der Waals surface area (Å²) in [5.74, 6) is 0. The van der Waals surface area contributed by atoms with Crippen molar-refractivity contribution in [2.45, 2.75) is 6.92 Å². The van der Waals surface area contributed by atoms with E-state index in [0.29, 0.717) is 0 Å². The highest BCUT2D eigenvalue weighted by atomic mass is 35.5. The summed E-state index contributed by atoms with van der Waals surface area (Å²) in [6.45, 7) is 2.86. The summed E-state index contributed by atoms with van der Waals surface area (Å²) in [4.78, 5) is 0. The van der Waals surface area contributed by atoms with Crippen LogP contribution in [0.25, 0.3) is 0 Å². The minimum atomic E-state index is 0.770. The van der Waals surface area contributed by atoms with Gasteiger partial charge in [0.05, 0.1) is 0 Å². The van der Waals surface area contributed by atoms with Crippen LogP contribution in [0.5, 0.6) is 0 Å². The van der Waals surface area contributed by atoms with E-state index in [1.165, 1.54) is 0 Å². The summed E-state index contributed by atoms with van der Waals surface area (Å²) in [5, 5.41) is 4.00. The molecule has 12 heavy (non-hydrogen) atoms. The molecular formula is C10H12ClN. The van der Waals surface area contributed by atoms with Gasteiger partial charge in [0.15, 0.2) is 0 Å². The van der Waals surface area contributed by atoms with Gasteiger partial charge in [0, 0.05) is 17.3 Å². The third kappa shape index (κ3) is 2.97. The molecule has 1 nitrogen and oxygen atoms in total. The number of rotatable bonds is 3. The van der Waals surface area contributed by atoms with Crippen LogP contribution in [0.1, 0.15) is 6.92 Å². The van der Waals surface area contributed by atoms with Gasteiger partial charge in [0.2, 0.25) is 0 Å². The van der Waals surface area contributed by atoms with Crippen molar-refractivity contribution in [3.8, 4) is 0 Å². The molecule has 0 unspecified atom stereocenters. The van der Waals surface area contributed by atoms with Gasteiger partial charge in [-0.25, -0.2) is 0 Å². The molecule has 1 aromatic rings. The summed E-state index contributed by atoms with van der Waals surface area (Å²) >= 11 is 5.73. The number of hydrogen-bond acceptors (Lipinski definition) is 1. The second-order valence-corrected chi connectivity index (χ2v) is 2.89. The quantitative estimate of drug-likeness (QED) is 0.706. The third-order valence-electron chi connectivity index (χ3n) is 1.50. The van der Waals surface area contributed by atoms with Gasteiger partial charge < -0.3 is 5.32 Å². The highest BCUT2D eigenvalue weighted by Gasteiger charge is 1.88. The molecule has 0 amide bonds. The number of benzene rings is 1. The largest absolute Gasteiger partial charge is 0.382 e. The predicted octanol–water partition coefficient (Wildman–Crippen LogP) is 3.33. The van der Waals surface area contributed by atoms with Crippen LogP contribution in [0.4, 0.5) is 5.69 Å². The maximum Gasteiger partial charge on any atom is 0.0407 e. The Hall–Kier alpha value is -0.950. The van der Waals surface area contributed by atoms with E-state index in [0.717, 1.165) is 17.3 Å². The van der Waals surface area contributed by atoms with Crippen molar-refractivity contribution in [1.29, 1.82) is 0 Å². The molecule has 0 bridgehead atoms. The first-order valence-corrected chi connectivity index (χ1v) is 4.31. The highest BCUT2D eigenvalue weighted by Crippen LogP contribution is 2.12. The fourth-order valence-electron chi connectivity index (χ4n) is 0.862. The Kier molecular flexibility index (Phi) is 3.68. The monoisotopic (exact) mass is 181 g/mol. The molecule has 1 rings (SSSR count). The van der Waals surface area contributed by atoms with E-state index >= 15 is 0 Å². The van der Waals surface area contributed by atoms with E-state index in [1.54, 1.807) is 0 Å². The van der Waals surface area contributed by atoms with E-state index in [4.69, 9.17) is 11.6 Å². The topological polar surface area (TPSA) is 12.0 Å². The first-order valence-electron chi connectivity index (χ1n) is 3.93. The van der Waals surface area contributed by atoms with E-state index in [1.807, 2.05) is 37.3 Å². The summed E-state index contributed by atoms with van der Waals surface area (Å²) < 4.78 is 0. The van der Waals surface area contributed by atoms with Crippen molar-refractivity contribution < 1.29 is 0 Å². The average Bonchev–Trinajstić information content (AvgIpc) is 2.09. The van der Waals surface area contributed by atoms with E-state index in [2.05, 4.69) is 11.4 Å². The Morgan fingerprint density at radius 2 is 2.00 bits per heavy atom. The third-order valence-corrected chi connectivity index (χ3v) is 1.76. The molecule has 0 aromatic heterocycles. The Balaban J connectivity index is 2.47. The fraction of sp³-hybridized carbons (Fsp3) is 0.200. The van der Waals surface area contributed by atoms with Gasteiger partial charge in [0.25, 0.3) is 0 Å². The van der Waals surface area contributed by atoms with Crippen molar-refractivity contribution in [3.63, 3.8) is 0 Å². The predicted molar refractivity (Wildman–Crippen MR) is 54.8 cm³/mol. The van der Waals surface area contributed by atoms with Gasteiger partial charge >= 0.3 is 0 Å². The van der Waals surface area contributed by atoms with Gasteiger partial charge in [-0.1, -0.05) is 23.8 Å². The summed E-state index contributed by atoms with van der Waals surface area (Å²) in [7, 11) is 0. The standard InChI is InChI=1S/C10H12ClN/c1-2-3-8-12-10-6-4-9(11)5-7-10/h2-7,12H,8H2,1H3/b3-2-. The molecule has 1 aromatic carbocycles. The first kappa shape index (κ1) is 9.14. The van der Waals surface area contributed by atoms with Crippen LogP contribution in [0.3, 0.4) is 0 Å².